The fraction of sp³-hybridized carbons (Fsp3) is 0.556. The van der Waals surface area contributed by atoms with E-state index < -0.39 is 23.2 Å². The summed E-state index contributed by atoms with van der Waals surface area (Å²) in [4.78, 5) is 28.0. The quantitative estimate of drug-likeness (QED) is 0.702. The lowest BCUT2D eigenvalue weighted by Crippen LogP contribution is -2.48. The van der Waals surface area contributed by atoms with Gasteiger partial charge >= 0.3 is 6.09 Å². The van der Waals surface area contributed by atoms with E-state index in [0.717, 1.165) is 35.6 Å². The molecule has 2 aromatic rings. The SMILES string of the molecule is CC(C)(C)OC(=O)N[C@@H]1CCN(C(=O)C(c2cccc3ccccc23)C2(O)CCCCC2)C1. The van der Waals surface area contributed by atoms with Crippen LogP contribution in [0.3, 0.4) is 0 Å². The van der Waals surface area contributed by atoms with Gasteiger partial charge in [0.25, 0.3) is 0 Å². The fourth-order valence-corrected chi connectivity index (χ4v) is 5.34. The Morgan fingerprint density at radius 2 is 1.79 bits per heavy atom. The largest absolute Gasteiger partial charge is 0.444 e. The average Bonchev–Trinajstić information content (AvgIpc) is 3.21. The molecule has 1 saturated carbocycles. The number of benzene rings is 2. The molecule has 1 aliphatic heterocycles. The van der Waals surface area contributed by atoms with E-state index >= 15 is 0 Å². The monoisotopic (exact) mass is 452 g/mol. The van der Waals surface area contributed by atoms with Crippen molar-refractivity contribution in [1.82, 2.24) is 10.2 Å². The molecule has 1 saturated heterocycles. The van der Waals surface area contributed by atoms with E-state index in [0.29, 0.717) is 32.4 Å². The predicted molar refractivity (Wildman–Crippen MR) is 129 cm³/mol. The molecule has 1 aliphatic carbocycles. The maximum atomic E-state index is 14.0. The van der Waals surface area contributed by atoms with Crippen LogP contribution in [0.4, 0.5) is 4.79 Å². The van der Waals surface area contributed by atoms with Gasteiger partial charge in [0.15, 0.2) is 0 Å². The molecule has 33 heavy (non-hydrogen) atoms. The van der Waals surface area contributed by atoms with Crippen molar-refractivity contribution in [2.45, 2.75) is 82.5 Å². The third-order valence-electron chi connectivity index (χ3n) is 6.86. The third-order valence-corrected chi connectivity index (χ3v) is 6.86. The molecule has 0 spiro atoms. The van der Waals surface area contributed by atoms with Gasteiger partial charge in [0.05, 0.1) is 17.6 Å². The zero-order valence-corrected chi connectivity index (χ0v) is 20.0. The van der Waals surface area contributed by atoms with Gasteiger partial charge in [-0.25, -0.2) is 4.79 Å². The standard InChI is InChI=1S/C27H36N2O4/c1-26(2,3)33-25(31)28-20-14-17-29(18-20)24(30)23(27(32)15-7-4-8-16-27)22-13-9-11-19-10-5-6-12-21(19)22/h5-6,9-13,20,23,32H,4,7-8,14-18H2,1-3H3,(H,28,31)/t20-,23?/m1/s1. The molecule has 178 valence electrons. The summed E-state index contributed by atoms with van der Waals surface area (Å²) >= 11 is 0. The van der Waals surface area contributed by atoms with E-state index in [1.54, 1.807) is 4.90 Å². The van der Waals surface area contributed by atoms with E-state index in [1.165, 1.54) is 0 Å². The Morgan fingerprint density at radius 3 is 2.52 bits per heavy atom. The molecule has 6 nitrogen and oxygen atoms in total. The molecule has 2 fully saturated rings. The summed E-state index contributed by atoms with van der Waals surface area (Å²) in [6, 6.07) is 13.9. The summed E-state index contributed by atoms with van der Waals surface area (Å²) in [6.07, 6.45) is 4.40. The van der Waals surface area contributed by atoms with Crippen LogP contribution >= 0.6 is 0 Å². The number of carbonyl (C=O) groups excluding carboxylic acids is 2. The highest BCUT2D eigenvalue weighted by Crippen LogP contribution is 2.43. The zero-order valence-electron chi connectivity index (χ0n) is 20.0. The van der Waals surface area contributed by atoms with Gasteiger partial charge in [-0.05, 0) is 56.4 Å². The van der Waals surface area contributed by atoms with Crippen molar-refractivity contribution in [3.05, 3.63) is 48.0 Å². The number of ether oxygens (including phenoxy) is 1. The summed E-state index contributed by atoms with van der Waals surface area (Å²) in [6.45, 7) is 6.47. The lowest BCUT2D eigenvalue weighted by Gasteiger charge is -2.40. The zero-order chi connectivity index (χ0) is 23.6. The van der Waals surface area contributed by atoms with Gasteiger partial charge < -0.3 is 20.1 Å². The molecule has 2 aromatic carbocycles. The number of rotatable bonds is 4. The van der Waals surface area contributed by atoms with E-state index in [9.17, 15) is 14.7 Å². The minimum atomic E-state index is -1.06. The van der Waals surface area contributed by atoms with Crippen LogP contribution in [0.1, 0.15) is 70.8 Å². The molecule has 0 aromatic heterocycles. The Kier molecular flexibility index (Phi) is 6.66. The molecule has 0 radical (unpaired) electrons. The highest BCUT2D eigenvalue weighted by atomic mass is 16.6. The van der Waals surface area contributed by atoms with Gasteiger partial charge in [0, 0.05) is 13.1 Å². The smallest absolute Gasteiger partial charge is 0.407 e. The lowest BCUT2D eigenvalue weighted by atomic mass is 9.71. The first kappa shape index (κ1) is 23.6. The number of likely N-dealkylation sites (tertiary alicyclic amines) is 1. The molecule has 1 unspecified atom stereocenters. The number of fused-ring (bicyclic) bond motifs is 1. The minimum absolute atomic E-state index is 0.0516. The Morgan fingerprint density at radius 1 is 1.09 bits per heavy atom. The van der Waals surface area contributed by atoms with Gasteiger partial charge in [-0.2, -0.15) is 0 Å². The maximum Gasteiger partial charge on any atom is 0.407 e. The summed E-state index contributed by atoms with van der Waals surface area (Å²) in [7, 11) is 0. The first-order chi connectivity index (χ1) is 15.7. The summed E-state index contributed by atoms with van der Waals surface area (Å²) in [5, 5.41) is 16.8. The van der Waals surface area contributed by atoms with Crippen LogP contribution in [0.15, 0.2) is 42.5 Å². The van der Waals surface area contributed by atoms with Crippen LogP contribution in [-0.2, 0) is 9.53 Å². The van der Waals surface area contributed by atoms with Crippen molar-refractivity contribution in [3.63, 3.8) is 0 Å². The number of nitrogens with one attached hydrogen (secondary N) is 1. The predicted octanol–water partition coefficient (Wildman–Crippen LogP) is 4.74. The molecule has 6 heteroatoms. The summed E-state index contributed by atoms with van der Waals surface area (Å²) < 4.78 is 5.38. The van der Waals surface area contributed by atoms with E-state index in [1.807, 2.05) is 63.2 Å². The van der Waals surface area contributed by atoms with Crippen LogP contribution in [0.25, 0.3) is 10.8 Å². The number of aliphatic hydroxyl groups is 1. The number of carbonyl (C=O) groups is 2. The van der Waals surface area contributed by atoms with Gasteiger partial charge in [0.2, 0.25) is 5.91 Å². The second-order valence-corrected chi connectivity index (χ2v) is 10.6. The normalized spacial score (nSPS) is 21.6. The topological polar surface area (TPSA) is 78.9 Å². The fourth-order valence-electron chi connectivity index (χ4n) is 5.34. The molecule has 0 bridgehead atoms. The Balaban J connectivity index is 1.59. The highest BCUT2D eigenvalue weighted by molar-refractivity contribution is 5.94. The first-order valence-corrected chi connectivity index (χ1v) is 12.1. The molecule has 1 heterocycles. The van der Waals surface area contributed by atoms with Gasteiger partial charge in [-0.1, -0.05) is 61.7 Å². The average molecular weight is 453 g/mol. The van der Waals surface area contributed by atoms with Crippen molar-refractivity contribution in [2.75, 3.05) is 13.1 Å². The van der Waals surface area contributed by atoms with Gasteiger partial charge in [-0.15, -0.1) is 0 Å². The third kappa shape index (κ3) is 5.32. The van der Waals surface area contributed by atoms with E-state index in [2.05, 4.69) is 5.32 Å². The van der Waals surface area contributed by atoms with Crippen LogP contribution in [0, 0.1) is 0 Å². The minimum Gasteiger partial charge on any atom is -0.444 e. The molecule has 4 rings (SSSR count). The van der Waals surface area contributed by atoms with E-state index in [-0.39, 0.29) is 11.9 Å². The van der Waals surface area contributed by atoms with Crippen molar-refractivity contribution in [2.24, 2.45) is 0 Å². The molecular formula is C27H36N2O4. The van der Waals surface area contributed by atoms with Crippen LogP contribution in [0.2, 0.25) is 0 Å². The van der Waals surface area contributed by atoms with Crippen molar-refractivity contribution in [3.8, 4) is 0 Å². The molecule has 2 N–H and O–H groups in total. The van der Waals surface area contributed by atoms with E-state index in [4.69, 9.17) is 4.74 Å². The van der Waals surface area contributed by atoms with Gasteiger partial charge in [0.1, 0.15) is 5.60 Å². The van der Waals surface area contributed by atoms with Crippen LogP contribution in [0.5, 0.6) is 0 Å². The van der Waals surface area contributed by atoms with Crippen LogP contribution < -0.4 is 5.32 Å². The van der Waals surface area contributed by atoms with Crippen molar-refractivity contribution in [1.29, 1.82) is 0 Å². The summed E-state index contributed by atoms with van der Waals surface area (Å²) in [5.41, 5.74) is -0.732. The number of alkyl carbamates (subject to hydrolysis) is 1. The highest BCUT2D eigenvalue weighted by Gasteiger charge is 2.46. The maximum absolute atomic E-state index is 14.0. The number of nitrogens with zero attached hydrogens (tertiary/aromatic N) is 1. The molecule has 2 amide bonds. The van der Waals surface area contributed by atoms with Crippen LogP contribution in [-0.4, -0.2) is 52.3 Å². The summed E-state index contributed by atoms with van der Waals surface area (Å²) in [5.74, 6) is -0.673. The Labute approximate surface area is 196 Å². The van der Waals surface area contributed by atoms with Crippen molar-refractivity contribution < 1.29 is 19.4 Å². The first-order valence-electron chi connectivity index (χ1n) is 12.1. The Hall–Kier alpha value is -2.60. The Bertz CT molecular complexity index is 1000. The second-order valence-electron chi connectivity index (χ2n) is 10.6. The number of hydrogen-bond donors (Lipinski definition) is 2. The number of amides is 2. The molecule has 2 atom stereocenters. The molecule has 2 aliphatic rings. The number of hydrogen-bond acceptors (Lipinski definition) is 4. The van der Waals surface area contributed by atoms with Crippen molar-refractivity contribution >= 4 is 22.8 Å². The molecular weight excluding hydrogens is 416 g/mol. The second kappa shape index (κ2) is 9.34. The van der Waals surface area contributed by atoms with Gasteiger partial charge in [-0.3, -0.25) is 4.79 Å². The lowest BCUT2D eigenvalue weighted by molar-refractivity contribution is -0.140.